The first-order valence-electron chi connectivity index (χ1n) is 6.63. The van der Waals surface area contributed by atoms with E-state index in [1.54, 1.807) is 12.1 Å². The van der Waals surface area contributed by atoms with Crippen molar-refractivity contribution in [2.24, 2.45) is 0 Å². The van der Waals surface area contributed by atoms with Crippen LogP contribution in [-0.4, -0.2) is 18.2 Å². The monoisotopic (exact) mass is 341 g/mol. The van der Waals surface area contributed by atoms with Gasteiger partial charge in [0.1, 0.15) is 0 Å². The molecular weight excluding hydrogens is 328 g/mol. The highest BCUT2D eigenvalue weighted by atomic mass is 35.5. The second-order valence-electron chi connectivity index (χ2n) is 4.59. The first kappa shape index (κ1) is 16.8. The summed E-state index contributed by atoms with van der Waals surface area (Å²) in [5, 5.41) is 3.46. The van der Waals surface area contributed by atoms with Crippen LogP contribution in [-0.2, 0) is 11.2 Å². The molecule has 0 saturated heterocycles. The third kappa shape index (κ3) is 5.31. The van der Waals surface area contributed by atoms with E-state index in [9.17, 15) is 13.6 Å². The van der Waals surface area contributed by atoms with Gasteiger partial charge in [-0.05, 0) is 42.3 Å². The summed E-state index contributed by atoms with van der Waals surface area (Å²) >= 11 is 6.96. The highest BCUT2D eigenvalue weighted by molar-refractivity contribution is 8.00. The maximum absolute atomic E-state index is 13.0. The zero-order valence-corrected chi connectivity index (χ0v) is 13.2. The van der Waals surface area contributed by atoms with Crippen LogP contribution in [0.4, 0.5) is 8.78 Å². The average Bonchev–Trinajstić information content (AvgIpc) is 2.50. The molecule has 0 aliphatic carbocycles. The minimum atomic E-state index is -0.909. The van der Waals surface area contributed by atoms with E-state index in [1.165, 1.54) is 6.07 Å². The number of carbonyl (C=O) groups excluding carboxylic acids is 1. The van der Waals surface area contributed by atoms with E-state index in [1.807, 2.05) is 12.1 Å². The Labute approximate surface area is 136 Å². The fraction of sp³-hybridized carbons (Fsp3) is 0.188. The summed E-state index contributed by atoms with van der Waals surface area (Å²) in [7, 11) is 0. The van der Waals surface area contributed by atoms with Crippen LogP contribution in [0.1, 0.15) is 5.56 Å². The molecule has 2 aromatic carbocycles. The number of carbonyl (C=O) groups is 1. The van der Waals surface area contributed by atoms with Crippen molar-refractivity contribution in [3.8, 4) is 0 Å². The fourth-order valence-electron chi connectivity index (χ4n) is 1.76. The largest absolute Gasteiger partial charge is 0.355 e. The molecule has 0 radical (unpaired) electrons. The third-order valence-corrected chi connectivity index (χ3v) is 4.16. The maximum Gasteiger partial charge on any atom is 0.230 e. The van der Waals surface area contributed by atoms with E-state index in [-0.39, 0.29) is 11.7 Å². The van der Waals surface area contributed by atoms with Crippen molar-refractivity contribution in [3.63, 3.8) is 0 Å². The Bertz CT molecular complexity index is 649. The Kier molecular flexibility index (Phi) is 6.21. The van der Waals surface area contributed by atoms with Crippen LogP contribution in [0.5, 0.6) is 0 Å². The van der Waals surface area contributed by atoms with Crippen molar-refractivity contribution in [2.75, 3.05) is 12.3 Å². The van der Waals surface area contributed by atoms with E-state index in [2.05, 4.69) is 5.32 Å². The van der Waals surface area contributed by atoms with Gasteiger partial charge in [0.2, 0.25) is 5.91 Å². The van der Waals surface area contributed by atoms with Gasteiger partial charge in [0.15, 0.2) is 11.6 Å². The van der Waals surface area contributed by atoms with Crippen LogP contribution in [0.2, 0.25) is 5.02 Å². The van der Waals surface area contributed by atoms with Crippen molar-refractivity contribution in [1.29, 1.82) is 0 Å². The molecule has 1 amide bonds. The molecule has 0 fully saturated rings. The van der Waals surface area contributed by atoms with Gasteiger partial charge in [-0.1, -0.05) is 23.7 Å². The summed E-state index contributed by atoms with van der Waals surface area (Å²) in [4.78, 5) is 12.2. The summed E-state index contributed by atoms with van der Waals surface area (Å²) in [6.45, 7) is 0.513. The first-order chi connectivity index (χ1) is 10.5. The number of amides is 1. The predicted molar refractivity (Wildman–Crippen MR) is 85.2 cm³/mol. The predicted octanol–water partition coefficient (Wildman–Crippen LogP) is 4.07. The lowest BCUT2D eigenvalue weighted by atomic mass is 10.1. The Hall–Kier alpha value is -1.59. The SMILES string of the molecule is O=C(CSc1ccc(F)c(F)c1)NCCc1ccc(Cl)cc1. The van der Waals surface area contributed by atoms with E-state index < -0.39 is 11.6 Å². The molecule has 0 aliphatic rings. The van der Waals surface area contributed by atoms with Gasteiger partial charge in [-0.25, -0.2) is 8.78 Å². The molecule has 0 aliphatic heterocycles. The van der Waals surface area contributed by atoms with Crippen LogP contribution < -0.4 is 5.32 Å². The molecule has 0 unspecified atom stereocenters. The first-order valence-corrected chi connectivity index (χ1v) is 8.00. The van der Waals surface area contributed by atoms with Gasteiger partial charge in [-0.3, -0.25) is 4.79 Å². The van der Waals surface area contributed by atoms with Gasteiger partial charge in [0, 0.05) is 16.5 Å². The quantitative estimate of drug-likeness (QED) is 0.802. The number of thioether (sulfide) groups is 1. The van der Waals surface area contributed by atoms with E-state index in [0.717, 1.165) is 29.5 Å². The molecule has 116 valence electrons. The summed E-state index contributed by atoms with van der Waals surface area (Å²) in [5.74, 6) is -1.79. The number of halogens is 3. The van der Waals surface area contributed by atoms with Crippen LogP contribution in [0.3, 0.4) is 0 Å². The van der Waals surface area contributed by atoms with Crippen molar-refractivity contribution in [3.05, 3.63) is 64.7 Å². The summed E-state index contributed by atoms with van der Waals surface area (Å²) in [6.07, 6.45) is 0.707. The van der Waals surface area contributed by atoms with E-state index >= 15 is 0 Å². The standard InChI is InChI=1S/C16H14ClF2NOS/c17-12-3-1-11(2-4-12)7-8-20-16(21)10-22-13-5-6-14(18)15(19)9-13/h1-6,9H,7-8,10H2,(H,20,21). The maximum atomic E-state index is 13.0. The summed E-state index contributed by atoms with van der Waals surface area (Å²) in [6, 6.07) is 11.0. The average molecular weight is 342 g/mol. The number of rotatable bonds is 6. The van der Waals surface area contributed by atoms with Crippen molar-refractivity contribution >= 4 is 29.3 Å². The molecule has 0 saturated carbocycles. The highest BCUT2D eigenvalue weighted by Crippen LogP contribution is 2.20. The molecular formula is C16H14ClF2NOS. The number of hydrogen-bond acceptors (Lipinski definition) is 2. The molecule has 0 heterocycles. The van der Waals surface area contributed by atoms with Gasteiger partial charge in [0.25, 0.3) is 0 Å². The van der Waals surface area contributed by atoms with Crippen LogP contribution in [0.15, 0.2) is 47.4 Å². The van der Waals surface area contributed by atoms with Crippen LogP contribution >= 0.6 is 23.4 Å². The second kappa shape index (κ2) is 8.15. The van der Waals surface area contributed by atoms with Crippen molar-refractivity contribution in [1.82, 2.24) is 5.32 Å². The number of hydrogen-bond donors (Lipinski definition) is 1. The van der Waals surface area contributed by atoms with Gasteiger partial charge in [-0.2, -0.15) is 0 Å². The lowest BCUT2D eigenvalue weighted by Crippen LogP contribution is -2.27. The molecule has 0 atom stereocenters. The molecule has 1 N–H and O–H groups in total. The van der Waals surface area contributed by atoms with E-state index in [4.69, 9.17) is 11.6 Å². The Morgan fingerprint density at radius 3 is 2.50 bits per heavy atom. The van der Waals surface area contributed by atoms with Crippen molar-refractivity contribution in [2.45, 2.75) is 11.3 Å². The van der Waals surface area contributed by atoms with Gasteiger partial charge >= 0.3 is 0 Å². The molecule has 6 heteroatoms. The topological polar surface area (TPSA) is 29.1 Å². The molecule has 0 aromatic heterocycles. The summed E-state index contributed by atoms with van der Waals surface area (Å²) in [5.41, 5.74) is 1.08. The van der Waals surface area contributed by atoms with Crippen molar-refractivity contribution < 1.29 is 13.6 Å². The Morgan fingerprint density at radius 2 is 1.82 bits per heavy atom. The van der Waals surface area contributed by atoms with Gasteiger partial charge in [0.05, 0.1) is 5.75 Å². The molecule has 22 heavy (non-hydrogen) atoms. The van der Waals surface area contributed by atoms with Crippen LogP contribution in [0, 0.1) is 11.6 Å². The zero-order chi connectivity index (χ0) is 15.9. The molecule has 2 nitrogen and oxygen atoms in total. The Morgan fingerprint density at radius 1 is 1.09 bits per heavy atom. The molecule has 2 rings (SSSR count). The number of benzene rings is 2. The number of nitrogens with one attached hydrogen (secondary N) is 1. The highest BCUT2D eigenvalue weighted by Gasteiger charge is 2.06. The third-order valence-electron chi connectivity index (χ3n) is 2.91. The minimum absolute atomic E-state index is 0.149. The molecule has 2 aromatic rings. The molecule has 0 bridgehead atoms. The van der Waals surface area contributed by atoms with Gasteiger partial charge in [-0.15, -0.1) is 11.8 Å². The minimum Gasteiger partial charge on any atom is -0.355 e. The van der Waals surface area contributed by atoms with Gasteiger partial charge < -0.3 is 5.32 Å². The lowest BCUT2D eigenvalue weighted by molar-refractivity contribution is -0.118. The zero-order valence-electron chi connectivity index (χ0n) is 11.6. The second-order valence-corrected chi connectivity index (χ2v) is 6.08. The van der Waals surface area contributed by atoms with E-state index in [0.29, 0.717) is 22.9 Å². The van der Waals surface area contributed by atoms with Crippen LogP contribution in [0.25, 0.3) is 0 Å². The summed E-state index contributed by atoms with van der Waals surface area (Å²) < 4.78 is 25.8. The molecule has 0 spiro atoms. The smallest absolute Gasteiger partial charge is 0.230 e. The normalized spacial score (nSPS) is 10.5. The lowest BCUT2D eigenvalue weighted by Gasteiger charge is -2.06. The Balaban J connectivity index is 1.71. The fourth-order valence-corrected chi connectivity index (χ4v) is 2.64.